The quantitative estimate of drug-likeness (QED) is 0.393. The molecule has 4 heteroatoms. The van der Waals surface area contributed by atoms with Crippen molar-refractivity contribution in [3.8, 4) is 0 Å². The zero-order chi connectivity index (χ0) is 14.8. The number of carbonyl (C=O) groups is 1. The lowest BCUT2D eigenvalue weighted by atomic mass is 10.2. The highest BCUT2D eigenvalue weighted by Crippen LogP contribution is 2.20. The summed E-state index contributed by atoms with van der Waals surface area (Å²) in [6.45, 7) is 9.70. The molecule has 0 aromatic rings. The fourth-order valence-corrected chi connectivity index (χ4v) is 2.68. The summed E-state index contributed by atoms with van der Waals surface area (Å²) in [6.07, 6.45) is 11.8. The molecule has 0 aliphatic carbocycles. The van der Waals surface area contributed by atoms with Crippen molar-refractivity contribution in [1.29, 1.82) is 0 Å². The predicted molar refractivity (Wildman–Crippen MR) is 84.8 cm³/mol. The maximum absolute atomic E-state index is 11.0. The van der Waals surface area contributed by atoms with E-state index < -0.39 is 0 Å². The van der Waals surface area contributed by atoms with E-state index in [1.807, 2.05) is 6.21 Å². The summed E-state index contributed by atoms with van der Waals surface area (Å²) >= 11 is 0. The van der Waals surface area contributed by atoms with E-state index in [-0.39, 0.29) is 12.1 Å². The van der Waals surface area contributed by atoms with Crippen LogP contribution in [0.25, 0.3) is 0 Å². The molecular formula is C16H30N3O+. The van der Waals surface area contributed by atoms with Crippen LogP contribution in [0.3, 0.4) is 0 Å². The van der Waals surface area contributed by atoms with E-state index in [2.05, 4.69) is 36.3 Å². The molecule has 0 spiro atoms. The van der Waals surface area contributed by atoms with Crippen LogP contribution in [0.1, 0.15) is 46.5 Å². The lowest BCUT2D eigenvalue weighted by Crippen LogP contribution is -2.54. The number of amides is 1. The summed E-state index contributed by atoms with van der Waals surface area (Å²) in [5.41, 5.74) is 0. The largest absolute Gasteiger partial charge is 0.351 e. The average Bonchev–Trinajstić information content (AvgIpc) is 2.82. The van der Waals surface area contributed by atoms with Crippen molar-refractivity contribution in [2.75, 3.05) is 26.2 Å². The first-order valence-electron chi connectivity index (χ1n) is 7.93. The van der Waals surface area contributed by atoms with Crippen molar-refractivity contribution in [2.45, 2.75) is 52.6 Å². The number of rotatable bonds is 9. The molecule has 0 saturated heterocycles. The Hall–Kier alpha value is -1.16. The van der Waals surface area contributed by atoms with Crippen LogP contribution in [0.5, 0.6) is 0 Å². The molecule has 0 saturated carbocycles. The number of likely N-dealkylation sites (N-methyl/N-ethyl adjacent to an activating group) is 1. The molecule has 2 unspecified atom stereocenters. The van der Waals surface area contributed by atoms with Gasteiger partial charge in [0.25, 0.3) is 0 Å². The monoisotopic (exact) mass is 280 g/mol. The van der Waals surface area contributed by atoms with Crippen LogP contribution in [-0.2, 0) is 4.79 Å². The molecule has 2 atom stereocenters. The van der Waals surface area contributed by atoms with E-state index in [4.69, 9.17) is 0 Å². The van der Waals surface area contributed by atoms with Crippen molar-refractivity contribution in [3.63, 3.8) is 0 Å². The first-order chi connectivity index (χ1) is 9.64. The smallest absolute Gasteiger partial charge is 0.217 e. The van der Waals surface area contributed by atoms with Gasteiger partial charge < -0.3 is 5.32 Å². The van der Waals surface area contributed by atoms with E-state index in [0.29, 0.717) is 0 Å². The number of allylic oxidation sites excluding steroid dienone is 1. The summed E-state index contributed by atoms with van der Waals surface area (Å²) in [6, 6.07) is 0. The Morgan fingerprint density at radius 1 is 1.45 bits per heavy atom. The Kier molecular flexibility index (Phi) is 7.52. The van der Waals surface area contributed by atoms with Gasteiger partial charge in [0.1, 0.15) is 6.54 Å². The number of unbranched alkanes of at least 4 members (excludes halogenated alkanes) is 3. The molecule has 0 fully saturated rings. The molecule has 1 N–H and O–H groups in total. The highest BCUT2D eigenvalue weighted by atomic mass is 16.1. The van der Waals surface area contributed by atoms with Gasteiger partial charge in [-0.25, -0.2) is 4.99 Å². The molecule has 0 radical (unpaired) electrons. The number of hydrogen-bond donors (Lipinski definition) is 1. The van der Waals surface area contributed by atoms with Crippen LogP contribution < -0.4 is 5.32 Å². The molecule has 0 aromatic carbocycles. The van der Waals surface area contributed by atoms with Crippen LogP contribution in [0, 0.1) is 0 Å². The Morgan fingerprint density at radius 2 is 2.25 bits per heavy atom. The molecule has 1 heterocycles. The second-order valence-electron chi connectivity index (χ2n) is 5.59. The summed E-state index contributed by atoms with van der Waals surface area (Å²) in [7, 11) is 0. The van der Waals surface area contributed by atoms with Gasteiger partial charge in [0.05, 0.1) is 25.8 Å². The highest BCUT2D eigenvalue weighted by Gasteiger charge is 2.35. The minimum atomic E-state index is 0.0472. The molecule has 0 bridgehead atoms. The molecule has 1 rings (SSSR count). The highest BCUT2D eigenvalue weighted by molar-refractivity contribution is 5.72. The van der Waals surface area contributed by atoms with Gasteiger partial charge in [-0.3, -0.25) is 9.28 Å². The molecular weight excluding hydrogens is 250 g/mol. The van der Waals surface area contributed by atoms with E-state index in [1.165, 1.54) is 19.3 Å². The Morgan fingerprint density at radius 3 is 2.90 bits per heavy atom. The van der Waals surface area contributed by atoms with Crippen LogP contribution in [-0.4, -0.2) is 48.9 Å². The summed E-state index contributed by atoms with van der Waals surface area (Å²) < 4.78 is 0.935. The second-order valence-corrected chi connectivity index (χ2v) is 5.59. The number of hydrogen-bond acceptors (Lipinski definition) is 2. The Balaban J connectivity index is 2.49. The number of carbonyl (C=O) groups excluding carboxylic acids is 1. The van der Waals surface area contributed by atoms with Crippen molar-refractivity contribution in [2.24, 2.45) is 4.99 Å². The van der Waals surface area contributed by atoms with Crippen LogP contribution in [0.15, 0.2) is 17.1 Å². The third kappa shape index (κ3) is 5.08. The molecule has 1 amide bonds. The van der Waals surface area contributed by atoms with Crippen molar-refractivity contribution in [3.05, 3.63) is 12.2 Å². The molecule has 0 aromatic heterocycles. The van der Waals surface area contributed by atoms with E-state index >= 15 is 0 Å². The third-order valence-corrected chi connectivity index (χ3v) is 4.11. The van der Waals surface area contributed by atoms with Crippen LogP contribution in [0.2, 0.25) is 0 Å². The molecule has 114 valence electrons. The molecule has 1 aliphatic heterocycles. The van der Waals surface area contributed by atoms with Crippen LogP contribution >= 0.6 is 0 Å². The maximum Gasteiger partial charge on any atom is 0.217 e. The van der Waals surface area contributed by atoms with Crippen molar-refractivity contribution in [1.82, 2.24) is 5.32 Å². The third-order valence-electron chi connectivity index (χ3n) is 4.11. The second kappa shape index (κ2) is 8.90. The zero-order valence-corrected chi connectivity index (χ0v) is 13.3. The normalized spacial score (nSPS) is 25.4. The van der Waals surface area contributed by atoms with Crippen molar-refractivity contribution < 1.29 is 9.28 Å². The number of quaternary nitrogens is 1. The van der Waals surface area contributed by atoms with Crippen molar-refractivity contribution >= 4 is 12.1 Å². The van der Waals surface area contributed by atoms with Gasteiger partial charge in [0.15, 0.2) is 0 Å². The topological polar surface area (TPSA) is 41.5 Å². The first-order valence-corrected chi connectivity index (χ1v) is 7.93. The minimum absolute atomic E-state index is 0.0472. The molecule has 20 heavy (non-hydrogen) atoms. The standard InChI is InChI=1S/C16H29N3O/c1-4-6-7-8-9-10-16-18-12-14-19(16,5-2)13-11-17-15(3)20/h9-10,12,16H,4-8,11,13-14H2,1-3H3/p+1/b10-9+. The fraction of sp³-hybridized carbons (Fsp3) is 0.750. The lowest BCUT2D eigenvalue weighted by molar-refractivity contribution is -0.928. The van der Waals surface area contributed by atoms with Crippen LogP contribution in [0.4, 0.5) is 0 Å². The van der Waals surface area contributed by atoms with Gasteiger partial charge in [-0.05, 0) is 25.8 Å². The maximum atomic E-state index is 11.0. The van der Waals surface area contributed by atoms with Gasteiger partial charge in [0.2, 0.25) is 12.1 Å². The first kappa shape index (κ1) is 16.9. The van der Waals surface area contributed by atoms with Gasteiger partial charge in [0, 0.05) is 6.92 Å². The van der Waals surface area contributed by atoms with E-state index in [9.17, 15) is 4.79 Å². The molecule has 1 aliphatic rings. The van der Waals surface area contributed by atoms with E-state index in [1.54, 1.807) is 6.92 Å². The lowest BCUT2D eigenvalue weighted by Gasteiger charge is -2.36. The molecule has 4 nitrogen and oxygen atoms in total. The zero-order valence-electron chi connectivity index (χ0n) is 13.3. The average molecular weight is 280 g/mol. The number of nitrogens with zero attached hydrogens (tertiary/aromatic N) is 2. The predicted octanol–water partition coefficient (Wildman–Crippen LogP) is 2.51. The summed E-state index contributed by atoms with van der Waals surface area (Å²) in [4.78, 5) is 15.6. The number of aliphatic imine (C=N–C) groups is 1. The van der Waals surface area contributed by atoms with Gasteiger partial charge >= 0.3 is 0 Å². The van der Waals surface area contributed by atoms with Gasteiger partial charge in [-0.15, -0.1) is 0 Å². The SMILES string of the molecule is CCCCC/C=C/C1N=CC[N+]1(CC)CCNC(C)=O. The van der Waals surface area contributed by atoms with E-state index in [0.717, 1.165) is 37.1 Å². The Labute approximate surface area is 123 Å². The Bertz CT molecular complexity index is 352. The van der Waals surface area contributed by atoms with Gasteiger partial charge in [-0.2, -0.15) is 0 Å². The minimum Gasteiger partial charge on any atom is -0.351 e. The summed E-state index contributed by atoms with van der Waals surface area (Å²) in [5.74, 6) is 0.0472. The summed E-state index contributed by atoms with van der Waals surface area (Å²) in [5, 5.41) is 2.90. The number of nitrogens with one attached hydrogen (secondary N) is 1. The fourth-order valence-electron chi connectivity index (χ4n) is 2.68. The van der Waals surface area contributed by atoms with Gasteiger partial charge in [-0.1, -0.05) is 25.8 Å².